The van der Waals surface area contributed by atoms with Gasteiger partial charge in [-0.05, 0) is 61.4 Å². The number of aliphatic carboxylic acids is 1. The molecular weight excluding hydrogens is 545 g/mol. The highest BCUT2D eigenvalue weighted by Crippen LogP contribution is 2.28. The van der Waals surface area contributed by atoms with E-state index in [0.29, 0.717) is 37.0 Å². The predicted molar refractivity (Wildman–Crippen MR) is 149 cm³/mol. The highest BCUT2D eigenvalue weighted by molar-refractivity contribution is 6.35. The largest absolute Gasteiger partial charge is 0.494 e. The molecule has 1 amide bonds. The Morgan fingerprint density at radius 1 is 0.897 bits per heavy atom. The minimum Gasteiger partial charge on any atom is -0.494 e. The number of hydrogen-bond donors (Lipinski definition) is 1. The number of halogens is 2. The first-order valence-corrected chi connectivity index (χ1v) is 13.3. The van der Waals surface area contributed by atoms with E-state index in [1.165, 1.54) is 17.0 Å². The number of para-hydroxylation sites is 1. The van der Waals surface area contributed by atoms with Crippen LogP contribution in [0.25, 0.3) is 0 Å². The third-order valence-electron chi connectivity index (χ3n) is 5.55. The summed E-state index contributed by atoms with van der Waals surface area (Å²) in [6, 6.07) is 21.2. The van der Waals surface area contributed by atoms with Crippen LogP contribution in [0.2, 0.25) is 10.0 Å². The lowest BCUT2D eigenvalue weighted by molar-refractivity contribution is -0.149. The van der Waals surface area contributed by atoms with Gasteiger partial charge in [-0.15, -0.1) is 0 Å². The minimum atomic E-state index is -1.00. The average molecular weight is 576 g/mol. The lowest BCUT2D eigenvalue weighted by atomic mass is 10.1. The van der Waals surface area contributed by atoms with Crippen LogP contribution in [-0.2, 0) is 16.0 Å². The van der Waals surface area contributed by atoms with Gasteiger partial charge in [0.05, 0.1) is 18.2 Å². The summed E-state index contributed by atoms with van der Waals surface area (Å²) >= 11 is 12.1. The van der Waals surface area contributed by atoms with Gasteiger partial charge in [0.25, 0.3) is 0 Å². The summed E-state index contributed by atoms with van der Waals surface area (Å²) < 4.78 is 22.4. The number of amides is 1. The number of carboxylic acids is 1. The maximum absolute atomic E-state index is 13.0. The van der Waals surface area contributed by atoms with Crippen LogP contribution in [0.4, 0.5) is 4.79 Å². The van der Waals surface area contributed by atoms with Gasteiger partial charge in [0.15, 0.2) is 11.9 Å². The minimum absolute atomic E-state index is 0.207. The van der Waals surface area contributed by atoms with Gasteiger partial charge in [-0.1, -0.05) is 53.5 Å². The molecule has 1 atom stereocenters. The number of benzene rings is 3. The molecule has 0 aliphatic heterocycles. The van der Waals surface area contributed by atoms with Gasteiger partial charge in [-0.2, -0.15) is 0 Å². The van der Waals surface area contributed by atoms with Crippen LogP contribution in [-0.4, -0.2) is 61.1 Å². The van der Waals surface area contributed by atoms with Gasteiger partial charge in [0, 0.05) is 24.6 Å². The molecule has 0 radical (unpaired) electrons. The van der Waals surface area contributed by atoms with Crippen molar-refractivity contribution in [3.63, 3.8) is 0 Å². The Bertz CT molecular complexity index is 1190. The SMILES string of the molecule is CCOC(Cc1ccc(OCCN(CCCOc2ccccc2)C(=O)Oc2ccc(Cl)cc2Cl)cc1)C(=O)O. The maximum atomic E-state index is 13.0. The van der Waals surface area contributed by atoms with Crippen LogP contribution >= 0.6 is 23.2 Å². The van der Waals surface area contributed by atoms with E-state index in [1.54, 1.807) is 37.3 Å². The predicted octanol–water partition coefficient (Wildman–Crippen LogP) is 6.37. The summed E-state index contributed by atoms with van der Waals surface area (Å²) in [7, 11) is 0. The fraction of sp³-hybridized carbons (Fsp3) is 0.310. The highest BCUT2D eigenvalue weighted by atomic mass is 35.5. The van der Waals surface area contributed by atoms with E-state index in [9.17, 15) is 14.7 Å². The van der Waals surface area contributed by atoms with Crippen molar-refractivity contribution in [3.8, 4) is 17.2 Å². The van der Waals surface area contributed by atoms with Gasteiger partial charge in [0.1, 0.15) is 18.1 Å². The fourth-order valence-electron chi connectivity index (χ4n) is 3.60. The molecule has 0 bridgehead atoms. The number of carbonyl (C=O) groups is 2. The molecule has 1 N–H and O–H groups in total. The lowest BCUT2D eigenvalue weighted by Gasteiger charge is -2.22. The molecular formula is C29H31Cl2NO7. The Hall–Kier alpha value is -3.46. The molecule has 1 unspecified atom stereocenters. The van der Waals surface area contributed by atoms with Crippen molar-refractivity contribution in [3.05, 3.63) is 88.4 Å². The van der Waals surface area contributed by atoms with Gasteiger partial charge in [0.2, 0.25) is 0 Å². The summed E-state index contributed by atoms with van der Waals surface area (Å²) in [6.45, 7) is 3.32. The Labute approximate surface area is 237 Å². The van der Waals surface area contributed by atoms with Crippen molar-refractivity contribution < 1.29 is 33.6 Å². The standard InChI is InChI=1S/C29H31Cl2NO7/c1-2-36-27(28(33)34)19-21-9-12-24(13-10-21)38-18-16-32(15-6-17-37-23-7-4-3-5-8-23)29(35)39-26-14-11-22(30)20-25(26)31/h3-5,7-14,20,27H,2,6,15-19H2,1H3,(H,33,34). The average Bonchev–Trinajstić information content (AvgIpc) is 2.92. The van der Waals surface area contributed by atoms with Crippen molar-refractivity contribution in [1.82, 2.24) is 4.90 Å². The van der Waals surface area contributed by atoms with E-state index in [-0.39, 0.29) is 30.3 Å². The lowest BCUT2D eigenvalue weighted by Crippen LogP contribution is -2.38. The Morgan fingerprint density at radius 3 is 2.26 bits per heavy atom. The van der Waals surface area contributed by atoms with Crippen LogP contribution in [0.5, 0.6) is 17.2 Å². The van der Waals surface area contributed by atoms with Crippen LogP contribution in [0.3, 0.4) is 0 Å². The van der Waals surface area contributed by atoms with Crippen molar-refractivity contribution in [2.75, 3.05) is 32.9 Å². The van der Waals surface area contributed by atoms with E-state index in [0.717, 1.165) is 11.3 Å². The molecule has 0 aliphatic carbocycles. The van der Waals surface area contributed by atoms with Gasteiger partial charge >= 0.3 is 12.1 Å². The molecule has 0 aromatic heterocycles. The molecule has 0 heterocycles. The number of nitrogens with zero attached hydrogens (tertiary/aromatic N) is 1. The monoisotopic (exact) mass is 575 g/mol. The maximum Gasteiger partial charge on any atom is 0.415 e. The normalized spacial score (nSPS) is 11.5. The number of ether oxygens (including phenoxy) is 4. The molecule has 0 fully saturated rings. The summed E-state index contributed by atoms with van der Waals surface area (Å²) in [5.41, 5.74) is 0.812. The number of rotatable bonds is 15. The summed E-state index contributed by atoms with van der Waals surface area (Å²) in [5, 5.41) is 9.94. The molecule has 10 heteroatoms. The Balaban J connectivity index is 1.56. The number of carboxylic acid groups (broad SMARTS) is 1. The first-order valence-electron chi connectivity index (χ1n) is 12.5. The van der Waals surface area contributed by atoms with E-state index in [1.807, 2.05) is 30.3 Å². The second-order valence-corrected chi connectivity index (χ2v) is 9.27. The summed E-state index contributed by atoms with van der Waals surface area (Å²) in [4.78, 5) is 25.8. The zero-order chi connectivity index (χ0) is 28.0. The molecule has 39 heavy (non-hydrogen) atoms. The van der Waals surface area contributed by atoms with Gasteiger partial charge in [-0.3, -0.25) is 0 Å². The number of carbonyl (C=O) groups excluding carboxylic acids is 1. The first kappa shape index (κ1) is 30.1. The van der Waals surface area contributed by atoms with E-state index < -0.39 is 18.2 Å². The second kappa shape index (κ2) is 15.8. The molecule has 0 saturated carbocycles. The topological polar surface area (TPSA) is 94.5 Å². The molecule has 3 aromatic carbocycles. The van der Waals surface area contributed by atoms with Crippen LogP contribution < -0.4 is 14.2 Å². The Kier molecular flexibility index (Phi) is 12.2. The van der Waals surface area contributed by atoms with Gasteiger partial charge < -0.3 is 29.0 Å². The molecule has 0 aliphatic rings. The van der Waals surface area contributed by atoms with Crippen molar-refractivity contribution in [2.24, 2.45) is 0 Å². The number of hydrogen-bond acceptors (Lipinski definition) is 6. The molecule has 208 valence electrons. The first-order chi connectivity index (χ1) is 18.9. The van der Waals surface area contributed by atoms with E-state index >= 15 is 0 Å². The summed E-state index contributed by atoms with van der Waals surface area (Å²) in [5.74, 6) is 0.545. The van der Waals surface area contributed by atoms with Crippen LogP contribution in [0, 0.1) is 0 Å². The highest BCUT2D eigenvalue weighted by Gasteiger charge is 2.19. The third kappa shape index (κ3) is 10.3. The van der Waals surface area contributed by atoms with Crippen molar-refractivity contribution in [1.29, 1.82) is 0 Å². The smallest absolute Gasteiger partial charge is 0.415 e. The van der Waals surface area contributed by atoms with Crippen molar-refractivity contribution >= 4 is 35.3 Å². The Morgan fingerprint density at radius 2 is 1.59 bits per heavy atom. The van der Waals surface area contributed by atoms with Crippen molar-refractivity contribution in [2.45, 2.75) is 25.9 Å². The molecule has 8 nitrogen and oxygen atoms in total. The third-order valence-corrected chi connectivity index (χ3v) is 6.08. The zero-order valence-corrected chi connectivity index (χ0v) is 23.1. The van der Waals surface area contributed by atoms with Crippen LogP contribution in [0.15, 0.2) is 72.8 Å². The zero-order valence-electron chi connectivity index (χ0n) is 21.6. The van der Waals surface area contributed by atoms with E-state index in [2.05, 4.69) is 0 Å². The molecule has 3 rings (SSSR count). The molecule has 0 saturated heterocycles. The summed E-state index contributed by atoms with van der Waals surface area (Å²) in [6.07, 6.45) is -0.659. The van der Waals surface area contributed by atoms with Gasteiger partial charge in [-0.25, -0.2) is 9.59 Å². The second-order valence-electron chi connectivity index (χ2n) is 8.42. The van der Waals surface area contributed by atoms with Crippen LogP contribution in [0.1, 0.15) is 18.9 Å². The molecule has 3 aromatic rings. The quantitative estimate of drug-likeness (QED) is 0.210. The fourth-order valence-corrected chi connectivity index (χ4v) is 4.05. The molecule has 0 spiro atoms. The van der Waals surface area contributed by atoms with E-state index in [4.69, 9.17) is 42.1 Å².